The molecule has 36 heavy (non-hydrogen) atoms. The molecule has 2 aliphatic heterocycles. The van der Waals surface area contributed by atoms with Crippen molar-refractivity contribution in [3.05, 3.63) is 59.2 Å². The lowest BCUT2D eigenvalue weighted by molar-refractivity contribution is -0.140. The van der Waals surface area contributed by atoms with E-state index in [1.165, 1.54) is 19.1 Å². The number of anilines is 1. The number of carbonyl (C=O) groups is 2. The number of aliphatic hydroxyl groups excluding tert-OH is 1. The summed E-state index contributed by atoms with van der Waals surface area (Å²) in [6.07, 6.45) is 1.58. The summed E-state index contributed by atoms with van der Waals surface area (Å²) in [6.45, 7) is 6.81. The van der Waals surface area contributed by atoms with E-state index in [9.17, 15) is 14.7 Å². The van der Waals surface area contributed by atoms with Crippen molar-refractivity contribution in [2.45, 2.75) is 38.8 Å². The molecule has 8 nitrogen and oxygen atoms in total. The van der Waals surface area contributed by atoms with E-state index in [4.69, 9.17) is 14.2 Å². The maximum absolute atomic E-state index is 13.4. The second-order valence-electron chi connectivity index (χ2n) is 8.89. The Bertz CT molecular complexity index is 1110. The molecule has 1 N–H and O–H groups in total. The van der Waals surface area contributed by atoms with Crippen molar-refractivity contribution in [1.82, 2.24) is 4.90 Å². The topological polar surface area (TPSA) is 88.5 Å². The molecule has 0 aliphatic carbocycles. The minimum absolute atomic E-state index is 0.0105. The van der Waals surface area contributed by atoms with Crippen molar-refractivity contribution < 1.29 is 28.9 Å². The van der Waals surface area contributed by atoms with E-state index in [2.05, 4.69) is 18.7 Å². The first-order chi connectivity index (χ1) is 17.4. The number of methoxy groups -OCH3 is 2. The van der Waals surface area contributed by atoms with Gasteiger partial charge in [-0.2, -0.15) is 0 Å². The van der Waals surface area contributed by atoms with Crippen molar-refractivity contribution >= 4 is 23.1 Å². The summed E-state index contributed by atoms with van der Waals surface area (Å²) in [5, 5.41) is 11.5. The van der Waals surface area contributed by atoms with Crippen LogP contribution in [0.25, 0.3) is 5.76 Å². The second kappa shape index (κ2) is 11.0. The molecular weight excluding hydrogens is 460 g/mol. The summed E-state index contributed by atoms with van der Waals surface area (Å²) in [5.74, 6) is -1.04. The molecule has 0 aromatic heterocycles. The summed E-state index contributed by atoms with van der Waals surface area (Å²) in [7, 11) is 2.95. The number of Topliss-reactive ketones (excluding diaryl/α,β-unsaturated/α-hetero) is 1. The van der Waals surface area contributed by atoms with Crippen molar-refractivity contribution in [1.29, 1.82) is 0 Å². The Morgan fingerprint density at radius 1 is 1.06 bits per heavy atom. The predicted octanol–water partition coefficient (Wildman–Crippen LogP) is 4.15. The molecule has 0 saturated carbocycles. The van der Waals surface area contributed by atoms with Gasteiger partial charge in [0.15, 0.2) is 0 Å². The van der Waals surface area contributed by atoms with E-state index in [1.807, 2.05) is 24.3 Å². The van der Waals surface area contributed by atoms with Crippen molar-refractivity contribution in [3.8, 4) is 11.5 Å². The Kier molecular flexibility index (Phi) is 7.84. The fourth-order valence-corrected chi connectivity index (χ4v) is 5.10. The number of ketones is 1. The van der Waals surface area contributed by atoms with Gasteiger partial charge in [-0.1, -0.05) is 18.2 Å². The van der Waals surface area contributed by atoms with Crippen LogP contribution in [-0.4, -0.2) is 68.3 Å². The maximum atomic E-state index is 13.4. The van der Waals surface area contributed by atoms with Gasteiger partial charge in [-0.05, 0) is 56.5 Å². The molecule has 2 heterocycles. The zero-order valence-electron chi connectivity index (χ0n) is 21.3. The third kappa shape index (κ3) is 4.65. The summed E-state index contributed by atoms with van der Waals surface area (Å²) >= 11 is 0. The molecule has 2 aromatic carbocycles. The fraction of sp³-hybridized carbons (Fsp3) is 0.429. The molecule has 2 fully saturated rings. The molecule has 2 unspecified atom stereocenters. The van der Waals surface area contributed by atoms with E-state index < -0.39 is 17.7 Å². The predicted molar refractivity (Wildman–Crippen MR) is 138 cm³/mol. The first-order valence-corrected chi connectivity index (χ1v) is 12.4. The lowest BCUT2D eigenvalue weighted by atomic mass is 9.94. The van der Waals surface area contributed by atoms with Crippen molar-refractivity contribution in [2.24, 2.45) is 0 Å². The van der Waals surface area contributed by atoms with Gasteiger partial charge in [0, 0.05) is 31.9 Å². The van der Waals surface area contributed by atoms with Crippen LogP contribution in [0.5, 0.6) is 11.5 Å². The highest BCUT2D eigenvalue weighted by molar-refractivity contribution is 6.46. The summed E-state index contributed by atoms with van der Waals surface area (Å²) in [6, 6.07) is 12.1. The van der Waals surface area contributed by atoms with Crippen LogP contribution >= 0.6 is 0 Å². The molecule has 4 rings (SSSR count). The summed E-state index contributed by atoms with van der Waals surface area (Å²) < 4.78 is 16.7. The highest BCUT2D eigenvalue weighted by Crippen LogP contribution is 2.44. The van der Waals surface area contributed by atoms with Crippen LogP contribution in [-0.2, 0) is 14.3 Å². The quantitative estimate of drug-likeness (QED) is 0.318. The number of ether oxygens (including phenoxy) is 3. The van der Waals surface area contributed by atoms with Gasteiger partial charge in [0.05, 0.1) is 31.9 Å². The first-order valence-electron chi connectivity index (χ1n) is 12.4. The average Bonchev–Trinajstić information content (AvgIpc) is 3.51. The fourth-order valence-electron chi connectivity index (χ4n) is 5.10. The largest absolute Gasteiger partial charge is 0.506 e. The third-order valence-electron chi connectivity index (χ3n) is 6.97. The highest BCUT2D eigenvalue weighted by Gasteiger charge is 2.47. The zero-order valence-corrected chi connectivity index (χ0v) is 21.3. The Labute approximate surface area is 212 Å². The molecule has 192 valence electrons. The maximum Gasteiger partial charge on any atom is 0.295 e. The van der Waals surface area contributed by atoms with Gasteiger partial charge in [-0.3, -0.25) is 9.59 Å². The van der Waals surface area contributed by atoms with Crippen LogP contribution in [0, 0.1) is 0 Å². The Morgan fingerprint density at radius 3 is 2.22 bits per heavy atom. The molecule has 0 bridgehead atoms. The minimum Gasteiger partial charge on any atom is -0.506 e. The normalized spacial score (nSPS) is 21.2. The first kappa shape index (κ1) is 25.6. The van der Waals surface area contributed by atoms with Crippen LogP contribution < -0.4 is 14.4 Å². The molecule has 2 saturated heterocycles. The zero-order chi connectivity index (χ0) is 25.8. The van der Waals surface area contributed by atoms with Crippen LogP contribution in [0.15, 0.2) is 48.0 Å². The Morgan fingerprint density at radius 2 is 1.69 bits per heavy atom. The number of rotatable bonds is 9. The molecule has 0 radical (unpaired) electrons. The van der Waals surface area contributed by atoms with Gasteiger partial charge in [0.2, 0.25) is 0 Å². The third-order valence-corrected chi connectivity index (χ3v) is 6.97. The number of benzene rings is 2. The number of carbonyl (C=O) groups excluding carboxylic acids is 2. The van der Waals surface area contributed by atoms with Crippen LogP contribution in [0.1, 0.15) is 43.9 Å². The van der Waals surface area contributed by atoms with Crippen molar-refractivity contribution in [3.63, 3.8) is 0 Å². The minimum atomic E-state index is -0.769. The van der Waals surface area contributed by atoms with Gasteiger partial charge >= 0.3 is 0 Å². The molecule has 8 heteroatoms. The molecule has 2 atom stereocenters. The van der Waals surface area contributed by atoms with E-state index >= 15 is 0 Å². The smallest absolute Gasteiger partial charge is 0.295 e. The van der Waals surface area contributed by atoms with E-state index in [1.54, 1.807) is 18.2 Å². The number of amides is 1. The van der Waals surface area contributed by atoms with Gasteiger partial charge in [-0.15, -0.1) is 0 Å². The van der Waals surface area contributed by atoms with E-state index in [0.717, 1.165) is 37.2 Å². The van der Waals surface area contributed by atoms with E-state index in [-0.39, 0.29) is 29.5 Å². The number of nitrogens with zero attached hydrogens (tertiary/aromatic N) is 2. The second-order valence-corrected chi connectivity index (χ2v) is 8.89. The van der Waals surface area contributed by atoms with Crippen molar-refractivity contribution in [2.75, 3.05) is 45.4 Å². The standard InChI is InChI=1S/C28H34N2O6/c1-5-29(6-2)19-14-12-18(13-15-19)25-24(26(31)23-21(34-3)10-7-11-22(23)35-4)27(32)28(33)30(25)17-20-9-8-16-36-20/h7,10-15,20,25,31H,5-6,8-9,16-17H2,1-4H3/b26-24+. The number of hydrogen-bond donors (Lipinski definition) is 1. The molecule has 2 aromatic rings. The van der Waals surface area contributed by atoms with Crippen LogP contribution in [0.3, 0.4) is 0 Å². The lowest BCUT2D eigenvalue weighted by Gasteiger charge is -2.28. The number of likely N-dealkylation sites (tertiary alicyclic amines) is 1. The van der Waals surface area contributed by atoms with Gasteiger partial charge in [0.25, 0.3) is 11.7 Å². The van der Waals surface area contributed by atoms with Gasteiger partial charge in [-0.25, -0.2) is 0 Å². The molecule has 1 amide bonds. The highest BCUT2D eigenvalue weighted by atomic mass is 16.5. The number of aliphatic hydroxyl groups is 1. The SMILES string of the molecule is CCN(CC)c1ccc(C2/C(=C(\O)c3c(OC)cccc3OC)C(=O)C(=O)N2CC2CCCO2)cc1. The van der Waals surface area contributed by atoms with Gasteiger partial charge in [0.1, 0.15) is 22.8 Å². The average molecular weight is 495 g/mol. The van der Waals surface area contributed by atoms with Gasteiger partial charge < -0.3 is 29.1 Å². The molecule has 0 spiro atoms. The molecule has 2 aliphatic rings. The Hall–Kier alpha value is -3.52. The lowest BCUT2D eigenvalue weighted by Crippen LogP contribution is -2.36. The number of hydrogen-bond acceptors (Lipinski definition) is 7. The van der Waals surface area contributed by atoms with Crippen LogP contribution in [0.2, 0.25) is 0 Å². The summed E-state index contributed by atoms with van der Waals surface area (Å²) in [4.78, 5) is 30.5. The summed E-state index contributed by atoms with van der Waals surface area (Å²) in [5.41, 5.74) is 2.03. The van der Waals surface area contributed by atoms with Crippen LogP contribution in [0.4, 0.5) is 5.69 Å². The molecular formula is C28H34N2O6. The van der Waals surface area contributed by atoms with E-state index in [0.29, 0.717) is 18.1 Å². The Balaban J connectivity index is 1.86. The monoisotopic (exact) mass is 494 g/mol.